The first kappa shape index (κ1) is 21.5. The third kappa shape index (κ3) is 4.08. The summed E-state index contributed by atoms with van der Waals surface area (Å²) in [5.74, 6) is 0.866. The van der Waals surface area contributed by atoms with Crippen LogP contribution in [0.2, 0.25) is 0 Å². The van der Waals surface area contributed by atoms with E-state index in [0.717, 1.165) is 48.2 Å². The van der Waals surface area contributed by atoms with Crippen molar-refractivity contribution in [2.24, 2.45) is 0 Å². The van der Waals surface area contributed by atoms with Crippen LogP contribution in [0.5, 0.6) is 5.75 Å². The van der Waals surface area contributed by atoms with Gasteiger partial charge in [-0.25, -0.2) is 4.98 Å². The molecule has 1 fully saturated rings. The zero-order valence-corrected chi connectivity index (χ0v) is 19.5. The van der Waals surface area contributed by atoms with E-state index in [-0.39, 0.29) is 17.9 Å². The molecular weight excluding hydrogens is 416 g/mol. The number of pyridine rings is 1. The van der Waals surface area contributed by atoms with Crippen molar-refractivity contribution >= 4 is 17.5 Å². The summed E-state index contributed by atoms with van der Waals surface area (Å²) in [6, 6.07) is 12.1. The van der Waals surface area contributed by atoms with Crippen LogP contribution in [0, 0.1) is 6.92 Å². The zero-order chi connectivity index (χ0) is 23.2. The van der Waals surface area contributed by atoms with Crippen molar-refractivity contribution in [2.75, 3.05) is 13.6 Å². The molecule has 1 aliphatic carbocycles. The Morgan fingerprint density at radius 2 is 1.94 bits per heavy atom. The van der Waals surface area contributed by atoms with E-state index in [4.69, 9.17) is 4.74 Å². The van der Waals surface area contributed by atoms with Crippen LogP contribution in [-0.4, -0.2) is 56.2 Å². The number of benzene rings is 1. The third-order valence-electron chi connectivity index (χ3n) is 7.15. The fourth-order valence-electron chi connectivity index (χ4n) is 5.14. The van der Waals surface area contributed by atoms with Crippen LogP contribution in [0.3, 0.4) is 0 Å². The lowest BCUT2D eigenvalue weighted by Crippen LogP contribution is -2.52. The van der Waals surface area contributed by atoms with E-state index >= 15 is 0 Å². The molecule has 1 aliphatic heterocycles. The van der Waals surface area contributed by atoms with Crippen LogP contribution in [-0.2, 0) is 11.3 Å². The summed E-state index contributed by atoms with van der Waals surface area (Å²) in [6.07, 6.45) is 6.95. The number of hydrogen-bond donors (Lipinski definition) is 0. The second-order valence-electron chi connectivity index (χ2n) is 9.51. The van der Waals surface area contributed by atoms with Gasteiger partial charge >= 0.3 is 0 Å². The van der Waals surface area contributed by atoms with Crippen LogP contribution < -0.4 is 4.74 Å². The summed E-state index contributed by atoms with van der Waals surface area (Å²) in [7, 11) is 1.87. The molecule has 0 bridgehead atoms. The molecule has 2 amide bonds. The molecule has 3 aromatic rings. The molecule has 0 N–H and O–H groups in total. The third-order valence-corrected chi connectivity index (χ3v) is 7.15. The number of para-hydroxylation sites is 1. The molecule has 2 aromatic heterocycles. The molecule has 3 heterocycles. The van der Waals surface area contributed by atoms with Gasteiger partial charge in [-0.2, -0.15) is 0 Å². The zero-order valence-electron chi connectivity index (χ0n) is 19.5. The second-order valence-corrected chi connectivity index (χ2v) is 9.51. The number of nitrogens with zero attached hydrogens (tertiary/aromatic N) is 4. The Kier molecular flexibility index (Phi) is 5.35. The Hall–Kier alpha value is -3.35. The molecular formula is C26H30N4O3. The number of rotatable bonds is 2. The predicted octanol–water partition coefficient (Wildman–Crippen LogP) is 3.84. The van der Waals surface area contributed by atoms with Crippen LogP contribution >= 0.6 is 0 Å². The van der Waals surface area contributed by atoms with Gasteiger partial charge in [0.05, 0.1) is 6.54 Å². The van der Waals surface area contributed by atoms with E-state index in [1.54, 1.807) is 13.1 Å². The van der Waals surface area contributed by atoms with Gasteiger partial charge in [-0.1, -0.05) is 18.2 Å². The second kappa shape index (κ2) is 8.21. The number of amides is 2. The molecule has 172 valence electrons. The summed E-state index contributed by atoms with van der Waals surface area (Å²) in [5.41, 5.74) is 2.98. The minimum absolute atomic E-state index is 0.0604. The van der Waals surface area contributed by atoms with Gasteiger partial charge < -0.3 is 18.9 Å². The van der Waals surface area contributed by atoms with Crippen molar-refractivity contribution in [3.63, 3.8) is 0 Å². The number of ether oxygens (including phenoxy) is 1. The Morgan fingerprint density at radius 3 is 2.70 bits per heavy atom. The van der Waals surface area contributed by atoms with Gasteiger partial charge in [0.25, 0.3) is 5.91 Å². The monoisotopic (exact) mass is 446 g/mol. The van der Waals surface area contributed by atoms with E-state index in [1.165, 1.54) is 0 Å². The van der Waals surface area contributed by atoms with Gasteiger partial charge in [0.2, 0.25) is 5.91 Å². The van der Waals surface area contributed by atoms with Crippen LogP contribution in [0.1, 0.15) is 54.2 Å². The number of aromatic nitrogens is 2. The largest absolute Gasteiger partial charge is 0.485 e. The fourth-order valence-corrected chi connectivity index (χ4v) is 5.14. The fraction of sp³-hybridized carbons (Fsp3) is 0.423. The topological polar surface area (TPSA) is 67.2 Å². The normalized spacial score (nSPS) is 22.5. The summed E-state index contributed by atoms with van der Waals surface area (Å²) >= 11 is 0. The maximum absolute atomic E-state index is 13.2. The number of aryl methyl sites for hydroxylation is 1. The molecule has 0 saturated heterocycles. The Morgan fingerprint density at radius 1 is 1.18 bits per heavy atom. The number of fused-ring (bicyclic) bond motifs is 2. The highest BCUT2D eigenvalue weighted by atomic mass is 16.5. The van der Waals surface area contributed by atoms with Crippen molar-refractivity contribution in [3.05, 3.63) is 65.6 Å². The van der Waals surface area contributed by atoms with Gasteiger partial charge in [-0.05, 0) is 56.4 Å². The van der Waals surface area contributed by atoms with Gasteiger partial charge in [0, 0.05) is 44.5 Å². The summed E-state index contributed by atoms with van der Waals surface area (Å²) in [6.45, 7) is 4.78. The summed E-state index contributed by atoms with van der Waals surface area (Å²) in [5, 5.41) is 0. The maximum Gasteiger partial charge on any atom is 0.274 e. The first-order valence-electron chi connectivity index (χ1n) is 11.6. The quantitative estimate of drug-likeness (QED) is 0.600. The average molecular weight is 447 g/mol. The molecule has 0 atom stereocenters. The van der Waals surface area contributed by atoms with Crippen LogP contribution in [0.15, 0.2) is 48.8 Å². The lowest BCUT2D eigenvalue weighted by Gasteiger charge is -2.43. The van der Waals surface area contributed by atoms with Crippen LogP contribution in [0.4, 0.5) is 0 Å². The highest BCUT2D eigenvalue weighted by molar-refractivity contribution is 5.93. The van der Waals surface area contributed by atoms with Gasteiger partial charge in [-0.3, -0.25) is 9.59 Å². The minimum Gasteiger partial charge on any atom is -0.485 e. The predicted molar refractivity (Wildman–Crippen MR) is 125 cm³/mol. The molecule has 7 heteroatoms. The molecule has 1 saturated carbocycles. The van der Waals surface area contributed by atoms with Gasteiger partial charge in [-0.15, -0.1) is 0 Å². The van der Waals surface area contributed by atoms with Crippen molar-refractivity contribution in [3.8, 4) is 5.75 Å². The SMILES string of the molecule is CC(=O)N1Cc2ccccc2OC2(CCC(N(C)C(=O)c3cn4ccc(C)cc4n3)CC2)C1. The van der Waals surface area contributed by atoms with Crippen molar-refractivity contribution in [1.82, 2.24) is 19.2 Å². The van der Waals surface area contributed by atoms with E-state index in [1.807, 2.05) is 70.8 Å². The average Bonchev–Trinajstić information content (AvgIpc) is 3.15. The van der Waals surface area contributed by atoms with E-state index in [2.05, 4.69) is 4.98 Å². The smallest absolute Gasteiger partial charge is 0.274 e. The number of hydrogen-bond acceptors (Lipinski definition) is 4. The molecule has 2 aliphatic rings. The molecule has 5 rings (SSSR count). The van der Waals surface area contributed by atoms with E-state index < -0.39 is 5.60 Å². The lowest BCUT2D eigenvalue weighted by atomic mass is 9.81. The van der Waals surface area contributed by atoms with Crippen molar-refractivity contribution < 1.29 is 14.3 Å². The Balaban J connectivity index is 1.32. The van der Waals surface area contributed by atoms with Crippen LogP contribution in [0.25, 0.3) is 5.65 Å². The highest BCUT2D eigenvalue weighted by Gasteiger charge is 2.43. The number of carbonyl (C=O) groups excluding carboxylic acids is 2. The molecule has 1 spiro atoms. The molecule has 33 heavy (non-hydrogen) atoms. The summed E-state index contributed by atoms with van der Waals surface area (Å²) < 4.78 is 8.46. The highest BCUT2D eigenvalue weighted by Crippen LogP contribution is 2.39. The number of carbonyl (C=O) groups is 2. The minimum atomic E-state index is -0.417. The molecule has 0 unspecified atom stereocenters. The van der Waals surface area contributed by atoms with Crippen molar-refractivity contribution in [2.45, 2.75) is 57.7 Å². The van der Waals surface area contributed by atoms with Gasteiger partial charge in [0.15, 0.2) is 0 Å². The first-order chi connectivity index (χ1) is 15.8. The first-order valence-corrected chi connectivity index (χ1v) is 11.6. The van der Waals surface area contributed by atoms with Gasteiger partial charge in [0.1, 0.15) is 22.7 Å². The standard InChI is InChI=1S/C26H30N4O3/c1-18-10-13-29-16-22(27-24(29)14-18)25(32)28(3)21-8-11-26(12-9-21)17-30(19(2)31)15-20-6-4-5-7-23(20)33-26/h4-7,10,13-14,16,21H,8-9,11-12,15,17H2,1-3H3. The van der Waals surface area contributed by atoms with Crippen molar-refractivity contribution in [1.29, 1.82) is 0 Å². The lowest BCUT2D eigenvalue weighted by molar-refractivity contribution is -0.132. The number of imidazole rings is 1. The molecule has 0 radical (unpaired) electrons. The summed E-state index contributed by atoms with van der Waals surface area (Å²) in [4.78, 5) is 33.8. The molecule has 7 nitrogen and oxygen atoms in total. The Labute approximate surface area is 194 Å². The Bertz CT molecular complexity index is 1210. The maximum atomic E-state index is 13.2. The molecule has 1 aromatic carbocycles. The van der Waals surface area contributed by atoms with E-state index in [9.17, 15) is 9.59 Å². The van der Waals surface area contributed by atoms with E-state index in [0.29, 0.717) is 18.8 Å².